The molecule has 0 unspecified atom stereocenters. The molecule has 0 saturated heterocycles. The Morgan fingerprint density at radius 2 is 1.21 bits per heavy atom. The Kier molecular flexibility index (Phi) is 11.7. The van der Waals surface area contributed by atoms with E-state index in [-0.39, 0.29) is 5.92 Å². The summed E-state index contributed by atoms with van der Waals surface area (Å²) in [7, 11) is -2.91. The van der Waals surface area contributed by atoms with Crippen LogP contribution in [0.2, 0.25) is 0 Å². The first-order valence-electron chi connectivity index (χ1n) is 8.05. The van der Waals surface area contributed by atoms with Crippen LogP contribution in [-0.4, -0.2) is 14.2 Å². The fourth-order valence-corrected chi connectivity index (χ4v) is 3.85. The summed E-state index contributed by atoms with van der Waals surface area (Å²) in [6.45, 7) is 6.07. The molecule has 0 rings (SSSR count). The fourth-order valence-electron chi connectivity index (χ4n) is 2.27. The van der Waals surface area contributed by atoms with Crippen LogP contribution in [0.5, 0.6) is 0 Å². The van der Waals surface area contributed by atoms with Gasteiger partial charge in [-0.15, -0.1) is 0 Å². The van der Waals surface area contributed by atoms with E-state index < -0.39 is 9.84 Å². The van der Waals surface area contributed by atoms with Gasteiger partial charge in [0.2, 0.25) is 0 Å². The lowest BCUT2D eigenvalue weighted by Gasteiger charge is -2.06. The van der Waals surface area contributed by atoms with E-state index in [1.165, 1.54) is 57.1 Å². The highest BCUT2D eigenvalue weighted by molar-refractivity contribution is 7.93. The minimum Gasteiger partial charge on any atom is -0.228 e. The van der Waals surface area contributed by atoms with Gasteiger partial charge in [-0.3, -0.25) is 0 Å². The molecule has 0 aliphatic rings. The molecule has 0 aromatic rings. The molecule has 0 amide bonds. The summed E-state index contributed by atoms with van der Waals surface area (Å²) < 4.78 is 23.2. The Balaban J connectivity index is 3.31. The zero-order chi connectivity index (χ0) is 14.6. The molecule has 19 heavy (non-hydrogen) atoms. The Hall–Kier alpha value is -0.0500. The molecular formula is C16H33O2S. The van der Waals surface area contributed by atoms with Gasteiger partial charge < -0.3 is 0 Å². The molecule has 0 atom stereocenters. The van der Waals surface area contributed by atoms with Crippen molar-refractivity contribution in [2.75, 3.05) is 5.75 Å². The van der Waals surface area contributed by atoms with Gasteiger partial charge >= 0.3 is 0 Å². The Morgan fingerprint density at radius 3 is 1.63 bits per heavy atom. The zero-order valence-electron chi connectivity index (χ0n) is 13.2. The standard InChI is InChI=1S/C16H33O2S/c1-4-5-6-7-8-9-10-11-12-13-14-19(17,18)15-16(2)3/h15-16H,4-14H2,1-3H3. The monoisotopic (exact) mass is 289 g/mol. The van der Waals surface area contributed by atoms with Crippen molar-refractivity contribution in [2.24, 2.45) is 5.92 Å². The quantitative estimate of drug-likeness (QED) is 0.440. The number of rotatable bonds is 13. The molecule has 0 aromatic carbocycles. The molecule has 0 aliphatic heterocycles. The van der Waals surface area contributed by atoms with Crippen molar-refractivity contribution in [1.82, 2.24) is 0 Å². The highest BCUT2D eigenvalue weighted by Gasteiger charge is 2.12. The van der Waals surface area contributed by atoms with Gasteiger partial charge in [0.15, 0.2) is 9.84 Å². The molecule has 2 nitrogen and oxygen atoms in total. The van der Waals surface area contributed by atoms with Crippen LogP contribution >= 0.6 is 0 Å². The summed E-state index contributed by atoms with van der Waals surface area (Å²) in [6, 6.07) is 0. The molecule has 1 radical (unpaired) electrons. The Bertz CT molecular complexity index is 281. The third-order valence-corrected chi connectivity index (χ3v) is 5.08. The zero-order valence-corrected chi connectivity index (χ0v) is 14.0. The topological polar surface area (TPSA) is 34.1 Å². The number of hydrogen-bond acceptors (Lipinski definition) is 2. The van der Waals surface area contributed by atoms with Crippen LogP contribution in [0.1, 0.15) is 85.0 Å². The second kappa shape index (κ2) is 11.7. The van der Waals surface area contributed by atoms with E-state index in [1.54, 1.807) is 0 Å². The molecule has 115 valence electrons. The summed E-state index contributed by atoms with van der Waals surface area (Å²) in [6.07, 6.45) is 12.4. The lowest BCUT2D eigenvalue weighted by Crippen LogP contribution is -2.09. The number of sulfone groups is 1. The molecule has 0 aliphatic carbocycles. The van der Waals surface area contributed by atoms with E-state index >= 15 is 0 Å². The molecule has 0 N–H and O–H groups in total. The fraction of sp³-hybridized carbons (Fsp3) is 0.938. The summed E-state index contributed by atoms with van der Waals surface area (Å²) in [5, 5.41) is 0. The second-order valence-electron chi connectivity index (χ2n) is 5.93. The first-order chi connectivity index (χ1) is 8.98. The highest BCUT2D eigenvalue weighted by Crippen LogP contribution is 2.13. The van der Waals surface area contributed by atoms with E-state index in [1.807, 2.05) is 13.8 Å². The molecular weight excluding hydrogens is 256 g/mol. The van der Waals surface area contributed by atoms with E-state index in [4.69, 9.17) is 0 Å². The van der Waals surface area contributed by atoms with Crippen LogP contribution in [0.15, 0.2) is 0 Å². The minimum atomic E-state index is -2.91. The predicted molar refractivity (Wildman–Crippen MR) is 84.8 cm³/mol. The van der Waals surface area contributed by atoms with Crippen LogP contribution in [0.3, 0.4) is 0 Å². The summed E-state index contributed by atoms with van der Waals surface area (Å²) in [4.78, 5) is 0. The van der Waals surface area contributed by atoms with Gasteiger partial charge in [0.05, 0.1) is 11.5 Å². The van der Waals surface area contributed by atoms with Crippen molar-refractivity contribution in [3.63, 3.8) is 0 Å². The van der Waals surface area contributed by atoms with Gasteiger partial charge in [-0.25, -0.2) is 8.42 Å². The van der Waals surface area contributed by atoms with Gasteiger partial charge in [0, 0.05) is 0 Å². The normalized spacial score (nSPS) is 12.2. The highest BCUT2D eigenvalue weighted by atomic mass is 32.2. The van der Waals surface area contributed by atoms with Crippen molar-refractivity contribution in [2.45, 2.75) is 85.0 Å². The van der Waals surface area contributed by atoms with Crippen LogP contribution in [-0.2, 0) is 9.84 Å². The van der Waals surface area contributed by atoms with Crippen molar-refractivity contribution in [3.05, 3.63) is 5.75 Å². The van der Waals surface area contributed by atoms with Gasteiger partial charge in [-0.1, -0.05) is 78.6 Å². The maximum atomic E-state index is 11.6. The second-order valence-corrected chi connectivity index (χ2v) is 7.94. The lowest BCUT2D eigenvalue weighted by molar-refractivity contribution is 0.557. The molecule has 3 heteroatoms. The smallest absolute Gasteiger partial charge is 0.154 e. The van der Waals surface area contributed by atoms with Gasteiger partial charge in [-0.2, -0.15) is 0 Å². The van der Waals surface area contributed by atoms with Crippen LogP contribution in [0.25, 0.3) is 0 Å². The summed E-state index contributed by atoms with van der Waals surface area (Å²) >= 11 is 0. The lowest BCUT2D eigenvalue weighted by atomic mass is 10.1. The Labute approximate surface area is 121 Å². The third-order valence-electron chi connectivity index (χ3n) is 3.26. The summed E-state index contributed by atoms with van der Waals surface area (Å²) in [5.74, 6) is 1.95. The maximum absolute atomic E-state index is 11.6. The van der Waals surface area contributed by atoms with E-state index in [0.717, 1.165) is 12.8 Å². The largest absolute Gasteiger partial charge is 0.228 e. The van der Waals surface area contributed by atoms with E-state index in [9.17, 15) is 8.42 Å². The van der Waals surface area contributed by atoms with Crippen molar-refractivity contribution in [1.29, 1.82) is 0 Å². The van der Waals surface area contributed by atoms with E-state index in [0.29, 0.717) is 5.75 Å². The predicted octanol–water partition coefficient (Wildman–Crippen LogP) is 5.14. The van der Waals surface area contributed by atoms with Gasteiger partial charge in [0.1, 0.15) is 0 Å². The number of unbranched alkanes of at least 4 members (excludes halogenated alkanes) is 9. The van der Waals surface area contributed by atoms with Crippen molar-refractivity contribution >= 4 is 9.84 Å². The molecule has 0 fully saturated rings. The molecule has 0 aromatic heterocycles. The maximum Gasteiger partial charge on any atom is 0.154 e. The third kappa shape index (κ3) is 14.2. The average Bonchev–Trinajstić information content (AvgIpc) is 2.30. The van der Waals surface area contributed by atoms with Crippen molar-refractivity contribution < 1.29 is 8.42 Å². The van der Waals surface area contributed by atoms with Crippen LogP contribution < -0.4 is 0 Å². The number of hydrogen-bond donors (Lipinski definition) is 0. The summed E-state index contributed by atoms with van der Waals surface area (Å²) in [5.41, 5.74) is 0. The van der Waals surface area contributed by atoms with Gasteiger partial charge in [0.25, 0.3) is 0 Å². The molecule has 0 saturated carbocycles. The molecule has 0 spiro atoms. The van der Waals surface area contributed by atoms with Crippen LogP contribution in [0, 0.1) is 11.7 Å². The van der Waals surface area contributed by atoms with Crippen molar-refractivity contribution in [3.8, 4) is 0 Å². The SMILES string of the molecule is CCCCCCCCCCCCS(=O)(=O)[CH]C(C)C. The first-order valence-corrected chi connectivity index (χ1v) is 9.77. The van der Waals surface area contributed by atoms with Crippen LogP contribution in [0.4, 0.5) is 0 Å². The van der Waals surface area contributed by atoms with E-state index in [2.05, 4.69) is 6.92 Å². The Morgan fingerprint density at radius 1 is 0.789 bits per heavy atom. The minimum absolute atomic E-state index is 0.133. The average molecular weight is 290 g/mol. The first kappa shape index (κ1) is 18.9. The van der Waals surface area contributed by atoms with Gasteiger partial charge in [-0.05, 0) is 12.3 Å². The molecule has 0 bridgehead atoms. The molecule has 0 heterocycles.